The first-order valence-electron chi connectivity index (χ1n) is 3.88. The number of rotatable bonds is 2. The van der Waals surface area contributed by atoms with Crippen molar-refractivity contribution in [2.45, 2.75) is 18.5 Å². The van der Waals surface area contributed by atoms with Crippen molar-refractivity contribution >= 4 is 27.5 Å². The molecule has 90 valence electrons. The zero-order chi connectivity index (χ0) is 12.5. The molecule has 0 aliphatic carbocycles. The Morgan fingerprint density at radius 3 is 2.31 bits per heavy atom. The number of hydrogen-bond donors (Lipinski definition) is 0. The molecule has 0 saturated carbocycles. The maximum atomic E-state index is 12.5. The van der Waals surface area contributed by atoms with Crippen LogP contribution in [-0.2, 0) is 12.1 Å². The number of hydrogen-bond acceptors (Lipinski definition) is 1. The van der Waals surface area contributed by atoms with Crippen LogP contribution in [0.4, 0.5) is 22.0 Å². The molecular formula is C8H4BrClF5N. The molecule has 1 rings (SSSR count). The van der Waals surface area contributed by atoms with Crippen LogP contribution in [0.5, 0.6) is 0 Å². The monoisotopic (exact) mass is 323 g/mol. The molecule has 0 saturated heterocycles. The molecule has 0 aliphatic rings. The van der Waals surface area contributed by atoms with Crippen LogP contribution in [0.2, 0.25) is 0 Å². The van der Waals surface area contributed by atoms with Gasteiger partial charge in [-0.3, -0.25) is 0 Å². The molecular weight excluding hydrogens is 320 g/mol. The number of pyridine rings is 1. The van der Waals surface area contributed by atoms with E-state index in [0.717, 1.165) is 6.07 Å². The maximum Gasteiger partial charge on any atom is 0.419 e. The van der Waals surface area contributed by atoms with Crippen molar-refractivity contribution in [2.24, 2.45) is 0 Å². The summed E-state index contributed by atoms with van der Waals surface area (Å²) in [6.45, 7) is 0. The van der Waals surface area contributed by atoms with E-state index in [0.29, 0.717) is 0 Å². The van der Waals surface area contributed by atoms with Crippen molar-refractivity contribution in [3.8, 4) is 0 Å². The number of alkyl halides is 6. The fourth-order valence-corrected chi connectivity index (χ4v) is 1.92. The van der Waals surface area contributed by atoms with Gasteiger partial charge < -0.3 is 0 Å². The summed E-state index contributed by atoms with van der Waals surface area (Å²) in [6.07, 6.45) is -8.20. The molecule has 0 unspecified atom stereocenters. The fraction of sp³-hybridized carbons (Fsp3) is 0.375. The van der Waals surface area contributed by atoms with E-state index >= 15 is 0 Å². The summed E-state index contributed by atoms with van der Waals surface area (Å²) in [5.74, 6) is -0.240. The molecule has 0 atom stereocenters. The molecule has 0 amide bonds. The number of halogens is 7. The van der Waals surface area contributed by atoms with Crippen LogP contribution in [0.25, 0.3) is 0 Å². The summed E-state index contributed by atoms with van der Waals surface area (Å²) in [4.78, 5) is 3.19. The summed E-state index contributed by atoms with van der Waals surface area (Å²) in [5, 5.41) is 0. The third kappa shape index (κ3) is 2.82. The highest BCUT2D eigenvalue weighted by Crippen LogP contribution is 2.40. The third-order valence-electron chi connectivity index (χ3n) is 1.68. The first-order chi connectivity index (χ1) is 7.27. The van der Waals surface area contributed by atoms with Gasteiger partial charge in [0, 0.05) is 4.47 Å². The largest absolute Gasteiger partial charge is 0.419 e. The molecule has 0 spiro atoms. The second-order valence-corrected chi connectivity index (χ2v) is 3.91. The summed E-state index contributed by atoms with van der Waals surface area (Å²) in [5.41, 5.74) is -2.81. The average Bonchev–Trinajstić information content (AvgIpc) is 2.14. The normalized spacial score (nSPS) is 12.2. The van der Waals surface area contributed by atoms with Gasteiger partial charge in [0.1, 0.15) is 5.69 Å². The van der Waals surface area contributed by atoms with Crippen LogP contribution in [0, 0.1) is 0 Å². The average molecular weight is 324 g/mol. The molecule has 0 fully saturated rings. The fourth-order valence-electron chi connectivity index (χ4n) is 1.09. The maximum absolute atomic E-state index is 12.5. The van der Waals surface area contributed by atoms with Gasteiger partial charge in [0.25, 0.3) is 6.43 Å². The zero-order valence-corrected chi connectivity index (χ0v) is 9.80. The Kier molecular flexibility index (Phi) is 4.12. The molecule has 8 heteroatoms. The lowest BCUT2D eigenvalue weighted by Gasteiger charge is -2.14. The minimum Gasteiger partial charge on any atom is -0.250 e. The smallest absolute Gasteiger partial charge is 0.250 e. The SMILES string of the molecule is FC(F)c1nc(CCl)cc(Br)c1C(F)(F)F. The quantitative estimate of drug-likeness (QED) is 0.575. The Hall–Kier alpha value is -0.430. The second-order valence-electron chi connectivity index (χ2n) is 2.79. The van der Waals surface area contributed by atoms with Gasteiger partial charge in [-0.1, -0.05) is 15.9 Å². The van der Waals surface area contributed by atoms with E-state index in [4.69, 9.17) is 11.6 Å². The first kappa shape index (κ1) is 13.6. The Labute approximate surface area is 101 Å². The van der Waals surface area contributed by atoms with Crippen LogP contribution < -0.4 is 0 Å². The molecule has 0 bridgehead atoms. The van der Waals surface area contributed by atoms with Crippen LogP contribution >= 0.6 is 27.5 Å². The van der Waals surface area contributed by atoms with Gasteiger partial charge in [-0.05, 0) is 6.07 Å². The predicted octanol–water partition coefficient (Wildman–Crippen LogP) is 4.54. The van der Waals surface area contributed by atoms with Crippen molar-refractivity contribution < 1.29 is 22.0 Å². The molecule has 0 aliphatic heterocycles. The lowest BCUT2D eigenvalue weighted by atomic mass is 10.1. The Morgan fingerprint density at radius 2 is 1.94 bits per heavy atom. The predicted molar refractivity (Wildman–Crippen MR) is 51.5 cm³/mol. The Balaban J connectivity index is 3.46. The minimum absolute atomic E-state index is 0.0446. The van der Waals surface area contributed by atoms with Gasteiger partial charge in [-0.2, -0.15) is 13.2 Å². The Bertz CT molecular complexity index is 393. The van der Waals surface area contributed by atoms with Crippen molar-refractivity contribution in [3.63, 3.8) is 0 Å². The van der Waals surface area contributed by atoms with Crippen molar-refractivity contribution in [2.75, 3.05) is 0 Å². The van der Waals surface area contributed by atoms with Crippen LogP contribution in [-0.4, -0.2) is 4.98 Å². The van der Waals surface area contributed by atoms with Gasteiger partial charge in [0.15, 0.2) is 0 Å². The lowest BCUT2D eigenvalue weighted by Crippen LogP contribution is -2.13. The molecule has 1 nitrogen and oxygen atoms in total. The highest BCUT2D eigenvalue weighted by molar-refractivity contribution is 9.10. The lowest BCUT2D eigenvalue weighted by molar-refractivity contribution is -0.140. The standard InChI is InChI=1S/C8H4BrClF5N/c9-4-1-3(2-10)16-6(7(11)12)5(4)8(13,14)15/h1,7H,2H2. The van der Waals surface area contributed by atoms with Crippen molar-refractivity contribution in [1.82, 2.24) is 4.98 Å². The Morgan fingerprint density at radius 1 is 1.38 bits per heavy atom. The van der Waals surface area contributed by atoms with E-state index in [9.17, 15) is 22.0 Å². The van der Waals surface area contributed by atoms with Gasteiger partial charge in [-0.25, -0.2) is 13.8 Å². The van der Waals surface area contributed by atoms with E-state index in [1.807, 2.05) is 0 Å². The van der Waals surface area contributed by atoms with Crippen LogP contribution in [0.1, 0.15) is 23.4 Å². The summed E-state index contributed by atoms with van der Waals surface area (Å²) in [6, 6.07) is 0.974. The molecule has 0 aromatic carbocycles. The van der Waals surface area contributed by atoms with Gasteiger partial charge in [0.2, 0.25) is 0 Å². The van der Waals surface area contributed by atoms with E-state index in [1.165, 1.54) is 0 Å². The summed E-state index contributed by atoms with van der Waals surface area (Å²) in [7, 11) is 0. The molecule has 1 aromatic heterocycles. The topological polar surface area (TPSA) is 12.9 Å². The molecule has 1 heterocycles. The minimum atomic E-state index is -4.89. The number of aromatic nitrogens is 1. The number of nitrogens with zero attached hydrogens (tertiary/aromatic N) is 1. The van der Waals surface area contributed by atoms with Crippen molar-refractivity contribution in [1.29, 1.82) is 0 Å². The van der Waals surface area contributed by atoms with Gasteiger partial charge in [-0.15, -0.1) is 11.6 Å². The van der Waals surface area contributed by atoms with E-state index in [-0.39, 0.29) is 11.6 Å². The molecule has 0 radical (unpaired) electrons. The zero-order valence-electron chi connectivity index (χ0n) is 7.45. The van der Waals surface area contributed by atoms with Gasteiger partial charge >= 0.3 is 6.18 Å². The van der Waals surface area contributed by atoms with Crippen molar-refractivity contribution in [3.05, 3.63) is 27.5 Å². The second kappa shape index (κ2) is 4.83. The van der Waals surface area contributed by atoms with E-state index < -0.39 is 28.3 Å². The van der Waals surface area contributed by atoms with E-state index in [2.05, 4.69) is 20.9 Å². The first-order valence-corrected chi connectivity index (χ1v) is 5.20. The summed E-state index contributed by atoms with van der Waals surface area (Å²) >= 11 is 7.92. The molecule has 0 N–H and O–H groups in total. The van der Waals surface area contributed by atoms with E-state index in [1.54, 1.807) is 0 Å². The molecule has 16 heavy (non-hydrogen) atoms. The molecule has 1 aromatic rings. The van der Waals surface area contributed by atoms with Crippen LogP contribution in [0.3, 0.4) is 0 Å². The van der Waals surface area contributed by atoms with Gasteiger partial charge in [0.05, 0.1) is 17.1 Å². The highest BCUT2D eigenvalue weighted by atomic mass is 79.9. The highest BCUT2D eigenvalue weighted by Gasteiger charge is 2.39. The van der Waals surface area contributed by atoms with Crippen LogP contribution in [0.15, 0.2) is 10.5 Å². The third-order valence-corrected chi connectivity index (χ3v) is 2.58. The summed E-state index contributed by atoms with van der Waals surface area (Å²) < 4.78 is 61.8.